The van der Waals surface area contributed by atoms with Gasteiger partial charge >= 0.3 is 5.69 Å². The van der Waals surface area contributed by atoms with Crippen molar-refractivity contribution in [1.82, 2.24) is 14.5 Å². The first-order valence-corrected chi connectivity index (χ1v) is 8.32. The second-order valence-electron chi connectivity index (χ2n) is 5.35. The summed E-state index contributed by atoms with van der Waals surface area (Å²) in [4.78, 5) is 19.6. The average Bonchev–Trinajstić information content (AvgIpc) is 2.86. The lowest BCUT2D eigenvalue weighted by atomic mass is 10.2. The van der Waals surface area contributed by atoms with Crippen LogP contribution in [0.5, 0.6) is 0 Å². The van der Waals surface area contributed by atoms with Gasteiger partial charge in [0.15, 0.2) is 5.65 Å². The molecule has 0 fully saturated rings. The first-order chi connectivity index (χ1) is 11.6. The number of imidazole rings is 1. The molecule has 126 valence electrons. The van der Waals surface area contributed by atoms with Crippen LogP contribution in [0.2, 0.25) is 10.0 Å². The van der Waals surface area contributed by atoms with Gasteiger partial charge in [-0.2, -0.15) is 0 Å². The minimum atomic E-state index is -0.257. The second kappa shape index (κ2) is 7.25. The number of nitrogens with two attached hydrogens (primary N) is 1. The maximum absolute atomic E-state index is 12.3. The Hall–Kier alpha value is -2.02. The molecule has 0 amide bonds. The van der Waals surface area contributed by atoms with E-state index in [-0.39, 0.29) is 12.2 Å². The monoisotopic (exact) mass is 365 g/mol. The van der Waals surface area contributed by atoms with Crippen LogP contribution in [-0.4, -0.2) is 27.6 Å². The number of benzene rings is 1. The van der Waals surface area contributed by atoms with Crippen LogP contribution in [0, 0.1) is 0 Å². The lowest BCUT2D eigenvalue weighted by Crippen LogP contribution is -2.18. The van der Waals surface area contributed by atoms with Crippen LogP contribution in [0.15, 0.2) is 35.1 Å². The van der Waals surface area contributed by atoms with Crippen molar-refractivity contribution in [3.05, 3.63) is 56.4 Å². The summed E-state index contributed by atoms with van der Waals surface area (Å²) in [5.41, 5.74) is 7.13. The number of aromatic nitrogens is 3. The molecular formula is C16H17Cl2N5O. The standard InChI is InChI=1S/C16H17Cl2N5O/c17-11-3-1-4-12(18)10(11)9-23-15-13(21-16(23)24)5-6-14(22-15)20-8-2-7-19/h1,3-6H,2,7-9,19H2,(H,20,22)(H,21,24). The number of nitrogens with zero attached hydrogens (tertiary/aromatic N) is 2. The number of anilines is 1. The van der Waals surface area contributed by atoms with Gasteiger partial charge in [0.05, 0.1) is 12.1 Å². The van der Waals surface area contributed by atoms with Gasteiger partial charge in [0.1, 0.15) is 5.82 Å². The first kappa shape index (κ1) is 16.8. The van der Waals surface area contributed by atoms with Crippen molar-refractivity contribution in [3.63, 3.8) is 0 Å². The Kier molecular flexibility index (Phi) is 5.08. The fourth-order valence-corrected chi connectivity index (χ4v) is 2.95. The SMILES string of the molecule is NCCCNc1ccc2[nH]c(=O)n(Cc3c(Cl)cccc3Cl)c2n1. The van der Waals surface area contributed by atoms with Crippen LogP contribution in [-0.2, 0) is 6.54 Å². The molecule has 8 heteroatoms. The van der Waals surface area contributed by atoms with Crippen LogP contribution in [0.1, 0.15) is 12.0 Å². The van der Waals surface area contributed by atoms with E-state index in [2.05, 4.69) is 15.3 Å². The zero-order chi connectivity index (χ0) is 17.1. The van der Waals surface area contributed by atoms with Gasteiger partial charge in [0.2, 0.25) is 0 Å². The third kappa shape index (κ3) is 3.40. The lowest BCUT2D eigenvalue weighted by Gasteiger charge is -2.09. The minimum absolute atomic E-state index is 0.247. The van der Waals surface area contributed by atoms with Crippen molar-refractivity contribution in [2.24, 2.45) is 5.73 Å². The van der Waals surface area contributed by atoms with Gasteiger partial charge in [-0.25, -0.2) is 9.78 Å². The highest BCUT2D eigenvalue weighted by Gasteiger charge is 2.13. The quantitative estimate of drug-likeness (QED) is 0.586. The van der Waals surface area contributed by atoms with Crippen LogP contribution in [0.25, 0.3) is 11.2 Å². The van der Waals surface area contributed by atoms with Crippen molar-refractivity contribution in [3.8, 4) is 0 Å². The van der Waals surface area contributed by atoms with E-state index >= 15 is 0 Å². The number of halogens is 2. The fourth-order valence-electron chi connectivity index (χ4n) is 2.44. The predicted octanol–water partition coefficient (Wildman–Crippen LogP) is 2.84. The molecule has 0 radical (unpaired) electrons. The summed E-state index contributed by atoms with van der Waals surface area (Å²) in [6.07, 6.45) is 0.842. The van der Waals surface area contributed by atoms with Crippen LogP contribution < -0.4 is 16.7 Å². The number of nitrogens with one attached hydrogen (secondary N) is 2. The molecule has 2 aromatic heterocycles. The molecular weight excluding hydrogens is 349 g/mol. The summed E-state index contributed by atoms with van der Waals surface area (Å²) in [6.45, 7) is 1.58. The number of pyridine rings is 1. The zero-order valence-corrected chi connectivity index (χ0v) is 14.4. The van der Waals surface area contributed by atoms with E-state index in [1.54, 1.807) is 18.2 Å². The third-order valence-electron chi connectivity index (χ3n) is 3.68. The Morgan fingerprint density at radius 2 is 1.96 bits per heavy atom. The maximum Gasteiger partial charge on any atom is 0.327 e. The Morgan fingerprint density at radius 1 is 1.21 bits per heavy atom. The summed E-state index contributed by atoms with van der Waals surface area (Å²) < 4.78 is 1.52. The van der Waals surface area contributed by atoms with E-state index in [1.165, 1.54) is 4.57 Å². The smallest absolute Gasteiger partial charge is 0.327 e. The Balaban J connectivity index is 1.99. The van der Waals surface area contributed by atoms with Gasteiger partial charge in [-0.1, -0.05) is 29.3 Å². The molecule has 3 rings (SSSR count). The number of fused-ring (bicyclic) bond motifs is 1. The highest BCUT2D eigenvalue weighted by molar-refractivity contribution is 6.36. The molecule has 0 atom stereocenters. The molecule has 24 heavy (non-hydrogen) atoms. The van der Waals surface area contributed by atoms with E-state index in [0.29, 0.717) is 39.1 Å². The van der Waals surface area contributed by atoms with Gasteiger partial charge in [-0.05, 0) is 37.2 Å². The number of hydrogen-bond acceptors (Lipinski definition) is 4. The molecule has 0 spiro atoms. The van der Waals surface area contributed by atoms with E-state index < -0.39 is 0 Å². The summed E-state index contributed by atoms with van der Waals surface area (Å²) in [7, 11) is 0. The fraction of sp³-hybridized carbons (Fsp3) is 0.250. The van der Waals surface area contributed by atoms with Crippen LogP contribution in [0.3, 0.4) is 0 Å². The summed E-state index contributed by atoms with van der Waals surface area (Å²) in [5, 5.41) is 4.22. The molecule has 0 bridgehead atoms. The van der Waals surface area contributed by atoms with Gasteiger partial charge in [0.25, 0.3) is 0 Å². The van der Waals surface area contributed by atoms with E-state index in [0.717, 1.165) is 13.0 Å². The number of hydrogen-bond donors (Lipinski definition) is 3. The normalized spacial score (nSPS) is 11.1. The van der Waals surface area contributed by atoms with Crippen molar-refractivity contribution in [1.29, 1.82) is 0 Å². The Morgan fingerprint density at radius 3 is 2.67 bits per heavy atom. The molecule has 3 aromatic rings. The maximum atomic E-state index is 12.3. The van der Waals surface area contributed by atoms with E-state index in [4.69, 9.17) is 28.9 Å². The van der Waals surface area contributed by atoms with Crippen molar-refractivity contribution < 1.29 is 0 Å². The average molecular weight is 366 g/mol. The number of rotatable bonds is 6. The topological polar surface area (TPSA) is 88.7 Å². The van der Waals surface area contributed by atoms with Gasteiger partial charge in [-0.15, -0.1) is 0 Å². The second-order valence-corrected chi connectivity index (χ2v) is 6.17. The Labute approximate surface area is 148 Å². The minimum Gasteiger partial charge on any atom is -0.370 e. The lowest BCUT2D eigenvalue weighted by molar-refractivity contribution is 0.778. The van der Waals surface area contributed by atoms with Gasteiger partial charge < -0.3 is 16.0 Å². The molecule has 0 saturated carbocycles. The summed E-state index contributed by atoms with van der Waals surface area (Å²) in [6, 6.07) is 8.90. The summed E-state index contributed by atoms with van der Waals surface area (Å²) >= 11 is 12.4. The van der Waals surface area contributed by atoms with Crippen molar-refractivity contribution in [2.75, 3.05) is 18.4 Å². The van der Waals surface area contributed by atoms with E-state index in [1.807, 2.05) is 12.1 Å². The number of aromatic amines is 1. The highest BCUT2D eigenvalue weighted by atomic mass is 35.5. The third-order valence-corrected chi connectivity index (χ3v) is 4.39. The molecule has 0 saturated heterocycles. The van der Waals surface area contributed by atoms with Gasteiger partial charge in [0, 0.05) is 22.2 Å². The molecule has 1 aromatic carbocycles. The molecule has 4 N–H and O–H groups in total. The Bertz CT molecular complexity index is 898. The molecule has 6 nitrogen and oxygen atoms in total. The molecule has 0 aliphatic rings. The molecule has 0 aliphatic carbocycles. The van der Waals surface area contributed by atoms with Crippen molar-refractivity contribution >= 4 is 40.2 Å². The van der Waals surface area contributed by atoms with Crippen LogP contribution in [0.4, 0.5) is 5.82 Å². The molecule has 0 unspecified atom stereocenters. The summed E-state index contributed by atoms with van der Waals surface area (Å²) in [5.74, 6) is 0.689. The molecule has 0 aliphatic heterocycles. The van der Waals surface area contributed by atoms with Crippen LogP contribution >= 0.6 is 23.2 Å². The van der Waals surface area contributed by atoms with Crippen molar-refractivity contribution in [2.45, 2.75) is 13.0 Å². The molecule has 2 heterocycles. The predicted molar refractivity (Wildman–Crippen MR) is 98.1 cm³/mol. The van der Waals surface area contributed by atoms with Gasteiger partial charge in [-0.3, -0.25) is 4.57 Å². The highest BCUT2D eigenvalue weighted by Crippen LogP contribution is 2.25. The number of H-pyrrole nitrogens is 1. The zero-order valence-electron chi connectivity index (χ0n) is 12.9. The largest absolute Gasteiger partial charge is 0.370 e. The van der Waals surface area contributed by atoms with E-state index in [9.17, 15) is 4.79 Å². The first-order valence-electron chi connectivity index (χ1n) is 7.56.